The Morgan fingerprint density at radius 1 is 1.15 bits per heavy atom. The van der Waals surface area contributed by atoms with Crippen LogP contribution in [0.2, 0.25) is 0 Å². The SMILES string of the molecule is Cc1ccc(-c2cc(C(=O)N[C@@H](C)C(=O)N(C)C)c3ccccc3n2)o1. The van der Waals surface area contributed by atoms with Gasteiger partial charge >= 0.3 is 0 Å². The van der Waals surface area contributed by atoms with E-state index in [0.717, 1.165) is 11.1 Å². The molecule has 0 aliphatic carbocycles. The Hall–Kier alpha value is -3.15. The molecule has 0 aliphatic heterocycles. The predicted molar refractivity (Wildman–Crippen MR) is 99.8 cm³/mol. The Labute approximate surface area is 151 Å². The van der Waals surface area contributed by atoms with E-state index in [1.807, 2.05) is 43.3 Å². The number of hydrogen-bond donors (Lipinski definition) is 1. The molecule has 26 heavy (non-hydrogen) atoms. The van der Waals surface area contributed by atoms with Gasteiger partial charge in [-0.25, -0.2) is 4.98 Å². The van der Waals surface area contributed by atoms with Crippen LogP contribution in [-0.4, -0.2) is 41.8 Å². The Morgan fingerprint density at radius 3 is 2.54 bits per heavy atom. The number of rotatable bonds is 4. The topological polar surface area (TPSA) is 75.4 Å². The molecule has 2 aromatic heterocycles. The summed E-state index contributed by atoms with van der Waals surface area (Å²) in [5, 5.41) is 3.49. The second-order valence-electron chi connectivity index (χ2n) is 6.41. The maximum atomic E-state index is 12.8. The number of nitrogens with one attached hydrogen (secondary N) is 1. The molecule has 0 fully saturated rings. The van der Waals surface area contributed by atoms with Gasteiger partial charge in [0, 0.05) is 19.5 Å². The predicted octanol–water partition coefficient (Wildman–Crippen LogP) is 3.01. The van der Waals surface area contributed by atoms with Crippen LogP contribution in [0.15, 0.2) is 46.9 Å². The monoisotopic (exact) mass is 351 g/mol. The number of likely N-dealkylation sites (N-methyl/N-ethyl adjacent to an activating group) is 1. The van der Waals surface area contributed by atoms with E-state index in [1.165, 1.54) is 4.90 Å². The summed E-state index contributed by atoms with van der Waals surface area (Å²) in [6.07, 6.45) is 0. The fourth-order valence-electron chi connectivity index (χ4n) is 2.79. The highest BCUT2D eigenvalue weighted by atomic mass is 16.3. The van der Waals surface area contributed by atoms with Crippen LogP contribution in [0.4, 0.5) is 0 Å². The van der Waals surface area contributed by atoms with Crippen molar-refractivity contribution in [1.82, 2.24) is 15.2 Å². The van der Waals surface area contributed by atoms with E-state index in [1.54, 1.807) is 27.1 Å². The molecule has 6 nitrogen and oxygen atoms in total. The summed E-state index contributed by atoms with van der Waals surface area (Å²) in [5.74, 6) is 0.875. The number of aromatic nitrogens is 1. The first-order valence-electron chi connectivity index (χ1n) is 8.35. The van der Waals surface area contributed by atoms with Gasteiger partial charge in [0.1, 0.15) is 17.5 Å². The molecule has 0 radical (unpaired) electrons. The average Bonchev–Trinajstić information content (AvgIpc) is 3.06. The molecule has 0 bridgehead atoms. The first kappa shape index (κ1) is 17.7. The zero-order valence-corrected chi connectivity index (χ0v) is 15.2. The Balaban J connectivity index is 2.03. The van der Waals surface area contributed by atoms with Crippen LogP contribution < -0.4 is 5.32 Å². The maximum absolute atomic E-state index is 12.8. The number of carbonyl (C=O) groups is 2. The molecule has 0 saturated heterocycles. The van der Waals surface area contributed by atoms with Crippen molar-refractivity contribution in [1.29, 1.82) is 0 Å². The van der Waals surface area contributed by atoms with Crippen LogP contribution in [0.25, 0.3) is 22.4 Å². The average molecular weight is 351 g/mol. The van der Waals surface area contributed by atoms with Crippen molar-refractivity contribution in [3.63, 3.8) is 0 Å². The molecule has 134 valence electrons. The Bertz CT molecular complexity index is 975. The van der Waals surface area contributed by atoms with E-state index >= 15 is 0 Å². The number of aryl methyl sites for hydroxylation is 1. The summed E-state index contributed by atoms with van der Waals surface area (Å²) in [7, 11) is 3.31. The zero-order chi connectivity index (χ0) is 18.8. The minimum absolute atomic E-state index is 0.168. The fourth-order valence-corrected chi connectivity index (χ4v) is 2.79. The summed E-state index contributed by atoms with van der Waals surface area (Å²) >= 11 is 0. The third-order valence-corrected chi connectivity index (χ3v) is 4.11. The maximum Gasteiger partial charge on any atom is 0.252 e. The molecule has 1 aromatic carbocycles. The van der Waals surface area contributed by atoms with Crippen molar-refractivity contribution >= 4 is 22.7 Å². The van der Waals surface area contributed by atoms with Gasteiger partial charge in [0.2, 0.25) is 5.91 Å². The first-order valence-corrected chi connectivity index (χ1v) is 8.35. The van der Waals surface area contributed by atoms with Crippen LogP contribution >= 0.6 is 0 Å². The molecule has 0 saturated carbocycles. The van der Waals surface area contributed by atoms with Gasteiger partial charge in [0.05, 0.1) is 11.1 Å². The molecular formula is C20H21N3O3. The minimum Gasteiger partial charge on any atom is -0.460 e. The second-order valence-corrected chi connectivity index (χ2v) is 6.41. The molecule has 1 N–H and O–H groups in total. The van der Waals surface area contributed by atoms with Gasteiger partial charge in [-0.05, 0) is 38.1 Å². The Morgan fingerprint density at radius 2 is 1.88 bits per heavy atom. The normalized spacial score (nSPS) is 12.0. The number of fused-ring (bicyclic) bond motifs is 1. The van der Waals surface area contributed by atoms with Crippen molar-refractivity contribution in [2.45, 2.75) is 19.9 Å². The number of pyridine rings is 1. The van der Waals surface area contributed by atoms with Gasteiger partial charge in [-0.15, -0.1) is 0 Å². The van der Waals surface area contributed by atoms with Gasteiger partial charge in [-0.2, -0.15) is 0 Å². The number of carbonyl (C=O) groups excluding carboxylic acids is 2. The molecule has 0 unspecified atom stereocenters. The summed E-state index contributed by atoms with van der Waals surface area (Å²) in [6.45, 7) is 3.52. The van der Waals surface area contributed by atoms with Crippen molar-refractivity contribution in [3.8, 4) is 11.5 Å². The highest BCUT2D eigenvalue weighted by molar-refractivity contribution is 6.08. The smallest absolute Gasteiger partial charge is 0.252 e. The minimum atomic E-state index is -0.626. The zero-order valence-electron chi connectivity index (χ0n) is 15.2. The molecule has 1 atom stereocenters. The largest absolute Gasteiger partial charge is 0.460 e. The molecule has 0 aliphatic rings. The highest BCUT2D eigenvalue weighted by Crippen LogP contribution is 2.26. The van der Waals surface area contributed by atoms with Gasteiger partial charge in [-0.1, -0.05) is 18.2 Å². The lowest BCUT2D eigenvalue weighted by Gasteiger charge is -2.18. The van der Waals surface area contributed by atoms with Crippen LogP contribution in [-0.2, 0) is 4.79 Å². The van der Waals surface area contributed by atoms with Crippen molar-refractivity contribution in [2.24, 2.45) is 0 Å². The van der Waals surface area contributed by atoms with Gasteiger partial charge in [-0.3, -0.25) is 9.59 Å². The van der Waals surface area contributed by atoms with Gasteiger partial charge in [0.15, 0.2) is 5.76 Å². The van der Waals surface area contributed by atoms with Crippen LogP contribution in [0, 0.1) is 6.92 Å². The standard InChI is InChI=1S/C20H21N3O3/c1-12-9-10-18(26-12)17-11-15(14-7-5-6-8-16(14)22-17)19(24)21-13(2)20(25)23(3)4/h5-11,13H,1-4H3,(H,21,24)/t13-/m0/s1. The number of amides is 2. The quantitative estimate of drug-likeness (QED) is 0.784. The number of nitrogens with zero attached hydrogens (tertiary/aromatic N) is 2. The summed E-state index contributed by atoms with van der Waals surface area (Å²) in [4.78, 5) is 30.9. The molecule has 2 heterocycles. The van der Waals surface area contributed by atoms with Crippen LogP contribution in [0.1, 0.15) is 23.0 Å². The highest BCUT2D eigenvalue weighted by Gasteiger charge is 2.21. The summed E-state index contributed by atoms with van der Waals surface area (Å²) < 4.78 is 5.65. The lowest BCUT2D eigenvalue weighted by molar-refractivity contribution is -0.130. The summed E-state index contributed by atoms with van der Waals surface area (Å²) in [6, 6.07) is 12.2. The lowest BCUT2D eigenvalue weighted by Crippen LogP contribution is -2.44. The van der Waals surface area contributed by atoms with E-state index in [2.05, 4.69) is 10.3 Å². The van der Waals surface area contributed by atoms with Crippen LogP contribution in [0.3, 0.4) is 0 Å². The van der Waals surface area contributed by atoms with Crippen molar-refractivity contribution < 1.29 is 14.0 Å². The van der Waals surface area contributed by atoms with Gasteiger partial charge < -0.3 is 14.6 Å². The van der Waals surface area contributed by atoms with Crippen LogP contribution in [0.5, 0.6) is 0 Å². The molecule has 6 heteroatoms. The molecule has 3 rings (SSSR count). The third kappa shape index (κ3) is 3.44. The van der Waals surface area contributed by atoms with E-state index in [0.29, 0.717) is 22.5 Å². The van der Waals surface area contributed by atoms with E-state index < -0.39 is 6.04 Å². The molecular weight excluding hydrogens is 330 g/mol. The van der Waals surface area contributed by atoms with E-state index in [9.17, 15) is 9.59 Å². The number of furan rings is 1. The van der Waals surface area contributed by atoms with Crippen molar-refractivity contribution in [3.05, 3.63) is 53.8 Å². The molecule has 3 aromatic rings. The fraction of sp³-hybridized carbons (Fsp3) is 0.250. The Kier molecular flexibility index (Phi) is 4.75. The number of benzene rings is 1. The van der Waals surface area contributed by atoms with Crippen molar-refractivity contribution in [2.75, 3.05) is 14.1 Å². The van der Waals surface area contributed by atoms with E-state index in [-0.39, 0.29) is 11.8 Å². The lowest BCUT2D eigenvalue weighted by atomic mass is 10.1. The third-order valence-electron chi connectivity index (χ3n) is 4.11. The number of para-hydroxylation sites is 1. The van der Waals surface area contributed by atoms with E-state index in [4.69, 9.17) is 4.42 Å². The molecule has 0 spiro atoms. The summed E-state index contributed by atoms with van der Waals surface area (Å²) in [5.41, 5.74) is 1.72. The second kappa shape index (κ2) is 7.00. The molecule has 2 amide bonds. The van der Waals surface area contributed by atoms with Gasteiger partial charge in [0.25, 0.3) is 5.91 Å². The first-order chi connectivity index (χ1) is 12.4. The number of hydrogen-bond acceptors (Lipinski definition) is 4.